The number of phenolic OH excluding ortho intramolecular Hbond substituents is 1. The molecule has 1 aliphatic carbocycles. The number of benzene rings is 1. The third-order valence-corrected chi connectivity index (χ3v) is 3.86. The highest BCUT2D eigenvalue weighted by atomic mass is 16.3. The fraction of sp³-hybridized carbons (Fsp3) is 0.500. The van der Waals surface area contributed by atoms with E-state index < -0.39 is 0 Å². The van der Waals surface area contributed by atoms with Gasteiger partial charge in [-0.3, -0.25) is 0 Å². The maximum atomic E-state index is 9.70. The van der Waals surface area contributed by atoms with E-state index in [1.807, 2.05) is 12.1 Å². The smallest absolute Gasteiger partial charge is 0.115 e. The van der Waals surface area contributed by atoms with Gasteiger partial charge in [-0.25, -0.2) is 0 Å². The molecule has 1 aromatic carbocycles. The van der Waals surface area contributed by atoms with Crippen LogP contribution in [0.5, 0.6) is 5.75 Å². The zero-order valence-corrected chi connectivity index (χ0v) is 11.4. The quantitative estimate of drug-likeness (QED) is 0.823. The molecule has 1 N–H and O–H groups in total. The average Bonchev–Trinajstić information content (AvgIpc) is 2.37. The molecule has 1 unspecified atom stereocenters. The highest BCUT2D eigenvalue weighted by Gasteiger charge is 2.30. The number of hydrogen-bond acceptors (Lipinski definition) is 2. The molecule has 0 radical (unpaired) electrons. The highest BCUT2D eigenvalue weighted by Crippen LogP contribution is 2.39. The van der Waals surface area contributed by atoms with Crippen molar-refractivity contribution in [2.45, 2.75) is 31.1 Å². The van der Waals surface area contributed by atoms with Crippen molar-refractivity contribution in [2.24, 2.45) is 0 Å². The second-order valence-corrected chi connectivity index (χ2v) is 5.55. The topological polar surface area (TPSA) is 23.5 Å². The van der Waals surface area contributed by atoms with Crippen LogP contribution in [0.3, 0.4) is 0 Å². The van der Waals surface area contributed by atoms with Crippen LogP contribution in [0.25, 0.3) is 0 Å². The van der Waals surface area contributed by atoms with E-state index >= 15 is 0 Å². The molecule has 0 aromatic heterocycles. The first kappa shape index (κ1) is 13.2. The minimum absolute atomic E-state index is 0.112. The van der Waals surface area contributed by atoms with Gasteiger partial charge in [0.05, 0.1) is 0 Å². The van der Waals surface area contributed by atoms with Gasteiger partial charge in [-0.05, 0) is 64.0 Å². The maximum Gasteiger partial charge on any atom is 0.115 e. The van der Waals surface area contributed by atoms with Crippen LogP contribution in [-0.2, 0) is 5.41 Å². The largest absolute Gasteiger partial charge is 0.508 e. The fourth-order valence-corrected chi connectivity index (χ4v) is 2.76. The Kier molecular flexibility index (Phi) is 4.07. The van der Waals surface area contributed by atoms with Crippen molar-refractivity contribution in [1.82, 2.24) is 4.90 Å². The molecule has 0 bridgehead atoms. The van der Waals surface area contributed by atoms with Crippen molar-refractivity contribution in [3.05, 3.63) is 42.0 Å². The summed E-state index contributed by atoms with van der Waals surface area (Å²) in [5.74, 6) is 0.371. The highest BCUT2D eigenvalue weighted by molar-refractivity contribution is 5.37. The lowest BCUT2D eigenvalue weighted by Crippen LogP contribution is -2.30. The molecule has 0 saturated carbocycles. The van der Waals surface area contributed by atoms with Crippen molar-refractivity contribution >= 4 is 0 Å². The average molecular weight is 245 g/mol. The second-order valence-electron chi connectivity index (χ2n) is 5.55. The van der Waals surface area contributed by atoms with Gasteiger partial charge in [0, 0.05) is 5.41 Å². The van der Waals surface area contributed by atoms with Gasteiger partial charge in [-0.1, -0.05) is 24.3 Å². The van der Waals surface area contributed by atoms with Gasteiger partial charge >= 0.3 is 0 Å². The summed E-state index contributed by atoms with van der Waals surface area (Å²) in [5.41, 5.74) is 1.36. The Labute approximate surface area is 110 Å². The first-order valence-corrected chi connectivity index (χ1v) is 6.74. The minimum Gasteiger partial charge on any atom is -0.508 e. The van der Waals surface area contributed by atoms with Crippen LogP contribution in [0.15, 0.2) is 36.4 Å². The molecule has 1 aliphatic rings. The first-order valence-electron chi connectivity index (χ1n) is 6.74. The molecule has 2 nitrogen and oxygen atoms in total. The van der Waals surface area contributed by atoms with E-state index in [1.54, 1.807) is 6.07 Å². The SMILES string of the molecule is CN(C)CCC1(c2cccc(O)c2)C=CCCC1. The molecular formula is C16H23NO. The molecule has 0 spiro atoms. The molecule has 0 saturated heterocycles. The fourth-order valence-electron chi connectivity index (χ4n) is 2.76. The summed E-state index contributed by atoms with van der Waals surface area (Å²) < 4.78 is 0. The molecule has 98 valence electrons. The van der Waals surface area contributed by atoms with Gasteiger partial charge in [0.2, 0.25) is 0 Å². The van der Waals surface area contributed by atoms with Crippen molar-refractivity contribution < 1.29 is 5.11 Å². The Morgan fingerprint density at radius 1 is 1.33 bits per heavy atom. The van der Waals surface area contributed by atoms with E-state index in [2.05, 4.69) is 37.2 Å². The third kappa shape index (κ3) is 2.94. The zero-order chi connectivity index (χ0) is 13.0. The van der Waals surface area contributed by atoms with E-state index in [4.69, 9.17) is 0 Å². The van der Waals surface area contributed by atoms with Crippen molar-refractivity contribution in [3.8, 4) is 5.75 Å². The van der Waals surface area contributed by atoms with Crippen LogP contribution >= 0.6 is 0 Å². The second kappa shape index (κ2) is 5.57. The molecular weight excluding hydrogens is 222 g/mol. The Balaban J connectivity index is 2.29. The molecule has 1 aromatic rings. The molecule has 0 aliphatic heterocycles. The number of allylic oxidation sites excluding steroid dienone is 2. The summed E-state index contributed by atoms with van der Waals surface area (Å²) in [7, 11) is 4.23. The summed E-state index contributed by atoms with van der Waals surface area (Å²) in [6.45, 7) is 1.07. The van der Waals surface area contributed by atoms with Gasteiger partial charge in [-0.2, -0.15) is 0 Å². The Morgan fingerprint density at radius 3 is 2.78 bits per heavy atom. The number of hydrogen-bond donors (Lipinski definition) is 1. The van der Waals surface area contributed by atoms with Gasteiger partial charge < -0.3 is 10.0 Å². The number of rotatable bonds is 4. The lowest BCUT2D eigenvalue weighted by atomic mass is 9.71. The zero-order valence-electron chi connectivity index (χ0n) is 11.4. The summed E-state index contributed by atoms with van der Waals surface area (Å²) in [6, 6.07) is 7.76. The lowest BCUT2D eigenvalue weighted by molar-refractivity contribution is 0.328. The van der Waals surface area contributed by atoms with Gasteiger partial charge in [-0.15, -0.1) is 0 Å². The number of aromatic hydroxyl groups is 1. The molecule has 18 heavy (non-hydrogen) atoms. The predicted molar refractivity (Wildman–Crippen MR) is 75.9 cm³/mol. The summed E-state index contributed by atoms with van der Waals surface area (Å²) in [5, 5.41) is 9.70. The summed E-state index contributed by atoms with van der Waals surface area (Å²) in [4.78, 5) is 2.23. The van der Waals surface area contributed by atoms with E-state index in [-0.39, 0.29) is 5.41 Å². The molecule has 0 fully saturated rings. The standard InChI is InChI=1S/C16H23NO/c1-17(2)12-11-16(9-4-3-5-10-16)14-7-6-8-15(18)13-14/h4,6-9,13,18H,3,5,10-12H2,1-2H3. The normalized spacial score (nSPS) is 23.5. The van der Waals surface area contributed by atoms with E-state index in [1.165, 1.54) is 24.8 Å². The Morgan fingerprint density at radius 2 is 2.17 bits per heavy atom. The van der Waals surface area contributed by atoms with Crippen LogP contribution in [0, 0.1) is 0 Å². The van der Waals surface area contributed by atoms with Crippen LogP contribution < -0.4 is 0 Å². The summed E-state index contributed by atoms with van der Waals surface area (Å²) in [6.07, 6.45) is 9.36. The minimum atomic E-state index is 0.112. The van der Waals surface area contributed by atoms with Crippen LogP contribution in [0.2, 0.25) is 0 Å². The third-order valence-electron chi connectivity index (χ3n) is 3.86. The maximum absolute atomic E-state index is 9.70. The predicted octanol–water partition coefficient (Wildman–Crippen LogP) is 3.32. The first-order chi connectivity index (χ1) is 8.62. The molecule has 0 amide bonds. The Bertz CT molecular complexity index is 425. The van der Waals surface area contributed by atoms with Crippen LogP contribution in [-0.4, -0.2) is 30.6 Å². The molecule has 2 rings (SSSR count). The van der Waals surface area contributed by atoms with Crippen LogP contribution in [0.4, 0.5) is 0 Å². The summed E-state index contributed by atoms with van der Waals surface area (Å²) >= 11 is 0. The van der Waals surface area contributed by atoms with E-state index in [9.17, 15) is 5.11 Å². The van der Waals surface area contributed by atoms with Gasteiger partial charge in [0.15, 0.2) is 0 Å². The van der Waals surface area contributed by atoms with Gasteiger partial charge in [0.1, 0.15) is 5.75 Å². The van der Waals surface area contributed by atoms with E-state index in [0.29, 0.717) is 5.75 Å². The molecule has 1 atom stereocenters. The van der Waals surface area contributed by atoms with Crippen molar-refractivity contribution in [2.75, 3.05) is 20.6 Å². The number of phenols is 1. The number of nitrogens with zero attached hydrogens (tertiary/aromatic N) is 1. The molecule has 2 heteroatoms. The molecule has 0 heterocycles. The van der Waals surface area contributed by atoms with Crippen molar-refractivity contribution in [3.63, 3.8) is 0 Å². The van der Waals surface area contributed by atoms with Crippen LogP contribution in [0.1, 0.15) is 31.2 Å². The van der Waals surface area contributed by atoms with E-state index in [0.717, 1.165) is 13.0 Å². The Hall–Kier alpha value is -1.28. The monoisotopic (exact) mass is 245 g/mol. The van der Waals surface area contributed by atoms with Crippen molar-refractivity contribution in [1.29, 1.82) is 0 Å². The van der Waals surface area contributed by atoms with Gasteiger partial charge in [0.25, 0.3) is 0 Å². The lowest BCUT2D eigenvalue weighted by Gasteiger charge is -2.35.